The van der Waals surface area contributed by atoms with Crippen LogP contribution in [-0.2, 0) is 12.8 Å². The van der Waals surface area contributed by atoms with Gasteiger partial charge in [0.1, 0.15) is 0 Å². The smallest absolute Gasteiger partial charge is 0.196 e. The van der Waals surface area contributed by atoms with Crippen molar-refractivity contribution in [3.8, 4) is 11.1 Å². The second-order valence-electron chi connectivity index (χ2n) is 6.58. The number of thiophene rings is 1. The summed E-state index contributed by atoms with van der Waals surface area (Å²) in [4.78, 5) is 14.4. The van der Waals surface area contributed by atoms with E-state index in [1.807, 2.05) is 42.5 Å². The van der Waals surface area contributed by atoms with E-state index >= 15 is 0 Å². The van der Waals surface area contributed by atoms with Gasteiger partial charge in [-0.1, -0.05) is 61.0 Å². The van der Waals surface area contributed by atoms with Gasteiger partial charge in [0.25, 0.3) is 0 Å². The third kappa shape index (κ3) is 3.12. The summed E-state index contributed by atoms with van der Waals surface area (Å²) in [5, 5.41) is 0.684. The monoisotopic (exact) mass is 347 g/mol. The van der Waals surface area contributed by atoms with Crippen LogP contribution in [0.15, 0.2) is 54.6 Å². The largest absolute Gasteiger partial charge is 0.390 e. The molecule has 3 aromatic rings. The molecule has 0 fully saturated rings. The minimum absolute atomic E-state index is 0.0662. The molecule has 1 heterocycles. The van der Waals surface area contributed by atoms with Crippen LogP contribution in [0.5, 0.6) is 0 Å². The summed E-state index contributed by atoms with van der Waals surface area (Å²) in [6.45, 7) is 0. The number of ketones is 1. The molecule has 0 saturated heterocycles. The van der Waals surface area contributed by atoms with Crippen LogP contribution < -0.4 is 5.73 Å². The fraction of sp³-hybridized carbons (Fsp3) is 0.227. The van der Waals surface area contributed by atoms with Crippen molar-refractivity contribution in [3.63, 3.8) is 0 Å². The third-order valence-electron chi connectivity index (χ3n) is 4.93. The van der Waals surface area contributed by atoms with Crippen molar-refractivity contribution >= 4 is 22.1 Å². The molecule has 0 amide bonds. The zero-order chi connectivity index (χ0) is 17.2. The van der Waals surface area contributed by atoms with Crippen molar-refractivity contribution < 1.29 is 4.79 Å². The average Bonchev–Trinajstić information content (AvgIpc) is 2.81. The normalized spacial score (nSPS) is 13.9. The maximum absolute atomic E-state index is 13.1. The first-order chi connectivity index (χ1) is 12.2. The molecule has 0 unspecified atom stereocenters. The molecule has 126 valence electrons. The Morgan fingerprint density at radius 2 is 1.52 bits per heavy atom. The lowest BCUT2D eigenvalue weighted by atomic mass is 9.96. The van der Waals surface area contributed by atoms with E-state index in [0.29, 0.717) is 5.00 Å². The van der Waals surface area contributed by atoms with Crippen molar-refractivity contribution in [3.05, 3.63) is 76.2 Å². The van der Waals surface area contributed by atoms with E-state index in [9.17, 15) is 4.79 Å². The highest BCUT2D eigenvalue weighted by Crippen LogP contribution is 2.37. The van der Waals surface area contributed by atoms with E-state index < -0.39 is 0 Å². The second-order valence-corrected chi connectivity index (χ2v) is 7.71. The molecular weight excluding hydrogens is 326 g/mol. The van der Waals surface area contributed by atoms with Gasteiger partial charge >= 0.3 is 0 Å². The predicted molar refractivity (Wildman–Crippen MR) is 105 cm³/mol. The zero-order valence-corrected chi connectivity index (χ0v) is 14.9. The van der Waals surface area contributed by atoms with Crippen LogP contribution in [0.1, 0.15) is 45.6 Å². The van der Waals surface area contributed by atoms with Gasteiger partial charge in [0.15, 0.2) is 5.78 Å². The molecule has 3 heteroatoms. The Morgan fingerprint density at radius 3 is 2.28 bits per heavy atom. The molecule has 4 rings (SSSR count). The van der Waals surface area contributed by atoms with E-state index in [1.165, 1.54) is 23.3 Å². The molecule has 0 spiro atoms. The molecule has 0 atom stereocenters. The van der Waals surface area contributed by atoms with Gasteiger partial charge in [0, 0.05) is 10.4 Å². The third-order valence-corrected chi connectivity index (χ3v) is 6.05. The number of hydrogen-bond donors (Lipinski definition) is 1. The summed E-state index contributed by atoms with van der Waals surface area (Å²) in [7, 11) is 0. The summed E-state index contributed by atoms with van der Waals surface area (Å²) in [6.07, 6.45) is 5.63. The van der Waals surface area contributed by atoms with E-state index in [2.05, 4.69) is 12.1 Å². The van der Waals surface area contributed by atoms with Crippen LogP contribution in [0.4, 0.5) is 5.00 Å². The van der Waals surface area contributed by atoms with Crippen LogP contribution in [0.25, 0.3) is 11.1 Å². The minimum Gasteiger partial charge on any atom is -0.390 e. The molecule has 0 aliphatic heterocycles. The van der Waals surface area contributed by atoms with Gasteiger partial charge in [-0.05, 0) is 42.4 Å². The first-order valence-corrected chi connectivity index (χ1v) is 9.66. The first-order valence-electron chi connectivity index (χ1n) is 8.84. The highest BCUT2D eigenvalue weighted by Gasteiger charge is 2.24. The Morgan fingerprint density at radius 1 is 0.840 bits per heavy atom. The molecule has 1 aliphatic rings. The van der Waals surface area contributed by atoms with Crippen LogP contribution >= 0.6 is 11.3 Å². The summed E-state index contributed by atoms with van der Waals surface area (Å²) in [5.74, 6) is 0.0662. The van der Waals surface area contributed by atoms with Crippen LogP contribution in [-0.4, -0.2) is 5.78 Å². The van der Waals surface area contributed by atoms with Crippen molar-refractivity contribution in [1.82, 2.24) is 0 Å². The lowest BCUT2D eigenvalue weighted by Crippen LogP contribution is -2.06. The van der Waals surface area contributed by atoms with Crippen molar-refractivity contribution in [2.24, 2.45) is 0 Å². The Kier molecular flexibility index (Phi) is 4.41. The van der Waals surface area contributed by atoms with Gasteiger partial charge < -0.3 is 5.73 Å². The molecular formula is C22H21NOS. The van der Waals surface area contributed by atoms with Gasteiger partial charge in [-0.15, -0.1) is 11.3 Å². The van der Waals surface area contributed by atoms with Gasteiger partial charge in [-0.25, -0.2) is 0 Å². The van der Waals surface area contributed by atoms with E-state index in [1.54, 1.807) is 11.3 Å². The van der Waals surface area contributed by atoms with E-state index in [4.69, 9.17) is 5.73 Å². The molecule has 1 aliphatic carbocycles. The molecule has 2 nitrogen and oxygen atoms in total. The van der Waals surface area contributed by atoms with Gasteiger partial charge in [0.2, 0.25) is 0 Å². The second kappa shape index (κ2) is 6.85. The highest BCUT2D eigenvalue weighted by molar-refractivity contribution is 7.16. The number of aryl methyl sites for hydroxylation is 1. The maximum atomic E-state index is 13.1. The first kappa shape index (κ1) is 16.1. The minimum atomic E-state index is 0.0662. The number of carbonyl (C=O) groups excluding carboxylic acids is 1. The number of nitrogen functional groups attached to an aromatic ring is 1. The van der Waals surface area contributed by atoms with Crippen molar-refractivity contribution in [2.75, 3.05) is 5.73 Å². The molecule has 0 saturated carbocycles. The number of fused-ring (bicyclic) bond motifs is 1. The highest BCUT2D eigenvalue weighted by atomic mass is 32.1. The fourth-order valence-corrected chi connectivity index (χ4v) is 4.76. The van der Waals surface area contributed by atoms with Gasteiger partial charge in [-0.3, -0.25) is 4.79 Å². The molecule has 2 aromatic carbocycles. The number of anilines is 1. The maximum Gasteiger partial charge on any atom is 0.196 e. The Labute approximate surface area is 152 Å². The van der Waals surface area contributed by atoms with Gasteiger partial charge in [0.05, 0.1) is 10.6 Å². The predicted octanol–water partition coefficient (Wildman–Crippen LogP) is 5.50. The number of rotatable bonds is 3. The Hall–Kier alpha value is -2.39. The standard InChI is InChI=1S/C22H21NOS/c23-22-20(18-9-5-2-6-10-19(18)25-22)21(24)17-13-11-16(12-14-17)15-7-3-1-4-8-15/h1,3-4,7-8,11-14H,2,5-6,9-10,23H2. The Balaban J connectivity index is 1.67. The molecule has 25 heavy (non-hydrogen) atoms. The summed E-state index contributed by atoms with van der Waals surface area (Å²) in [6, 6.07) is 18.1. The molecule has 2 N–H and O–H groups in total. The van der Waals surface area contributed by atoms with Crippen LogP contribution in [0, 0.1) is 0 Å². The number of hydrogen-bond acceptors (Lipinski definition) is 3. The lowest BCUT2D eigenvalue weighted by molar-refractivity contribution is 0.103. The van der Waals surface area contributed by atoms with Gasteiger partial charge in [-0.2, -0.15) is 0 Å². The fourth-order valence-electron chi connectivity index (χ4n) is 3.60. The number of benzene rings is 2. The Bertz CT molecular complexity index is 894. The summed E-state index contributed by atoms with van der Waals surface area (Å²) in [5.41, 5.74) is 11.2. The molecule has 0 bridgehead atoms. The average molecular weight is 347 g/mol. The van der Waals surface area contributed by atoms with E-state index in [0.717, 1.165) is 41.5 Å². The van der Waals surface area contributed by atoms with Crippen LogP contribution in [0.3, 0.4) is 0 Å². The quantitative estimate of drug-likeness (QED) is 0.502. The zero-order valence-electron chi connectivity index (χ0n) is 14.1. The number of carbonyl (C=O) groups is 1. The van der Waals surface area contributed by atoms with E-state index in [-0.39, 0.29) is 5.78 Å². The number of nitrogens with two attached hydrogens (primary N) is 1. The van der Waals surface area contributed by atoms with Crippen LogP contribution in [0.2, 0.25) is 0 Å². The summed E-state index contributed by atoms with van der Waals surface area (Å²) >= 11 is 1.61. The molecule has 0 radical (unpaired) electrons. The lowest BCUT2D eigenvalue weighted by Gasteiger charge is -2.07. The van der Waals surface area contributed by atoms with Crippen molar-refractivity contribution in [2.45, 2.75) is 32.1 Å². The molecule has 1 aromatic heterocycles. The summed E-state index contributed by atoms with van der Waals surface area (Å²) < 4.78 is 0. The topological polar surface area (TPSA) is 43.1 Å². The SMILES string of the molecule is Nc1sc2c(c1C(=O)c1ccc(-c3ccccc3)cc1)CCCCC2. The van der Waals surface area contributed by atoms with Crippen molar-refractivity contribution in [1.29, 1.82) is 0 Å².